The second-order valence-corrected chi connectivity index (χ2v) is 4.56. The molecule has 0 bridgehead atoms. The summed E-state index contributed by atoms with van der Waals surface area (Å²) in [4.78, 5) is 26.9. The Bertz CT molecular complexity index is 481. The molecule has 0 saturated carbocycles. The van der Waals surface area contributed by atoms with E-state index in [9.17, 15) is 14.9 Å². The highest BCUT2D eigenvalue weighted by atomic mass is 35.5. The highest BCUT2D eigenvalue weighted by molar-refractivity contribution is 6.33. The lowest BCUT2D eigenvalue weighted by Gasteiger charge is -2.33. The van der Waals surface area contributed by atoms with E-state index >= 15 is 0 Å². The number of pyridine rings is 1. The number of carbonyl (C=O) groups is 1. The topological polar surface area (TPSA) is 76.3 Å². The van der Waals surface area contributed by atoms with Crippen molar-refractivity contribution in [2.24, 2.45) is 0 Å². The lowest BCUT2D eigenvalue weighted by Crippen LogP contribution is -2.41. The van der Waals surface area contributed by atoms with E-state index in [-0.39, 0.29) is 16.8 Å². The lowest BCUT2D eigenvalue weighted by atomic mass is 10.0. The van der Waals surface area contributed by atoms with Crippen molar-refractivity contribution in [3.8, 4) is 0 Å². The van der Waals surface area contributed by atoms with Crippen molar-refractivity contribution in [2.45, 2.75) is 25.3 Å². The highest BCUT2D eigenvalue weighted by Crippen LogP contribution is 2.30. The van der Waals surface area contributed by atoms with Crippen LogP contribution in [0.3, 0.4) is 0 Å². The minimum Gasteiger partial charge on any atom is -0.346 e. The van der Waals surface area contributed by atoms with Gasteiger partial charge in [0.2, 0.25) is 0 Å². The van der Waals surface area contributed by atoms with Crippen LogP contribution in [-0.2, 0) is 4.79 Å². The van der Waals surface area contributed by atoms with Crippen LogP contribution in [0.1, 0.15) is 19.3 Å². The Balaban J connectivity index is 2.32. The van der Waals surface area contributed by atoms with Crippen LogP contribution in [0.5, 0.6) is 0 Å². The van der Waals surface area contributed by atoms with Gasteiger partial charge in [-0.2, -0.15) is 0 Å². The molecular formula is C11H12ClN3O3. The van der Waals surface area contributed by atoms with E-state index < -0.39 is 4.92 Å². The largest absolute Gasteiger partial charge is 0.346 e. The predicted molar refractivity (Wildman–Crippen MR) is 67.0 cm³/mol. The lowest BCUT2D eigenvalue weighted by molar-refractivity contribution is -0.385. The molecule has 0 aliphatic carbocycles. The van der Waals surface area contributed by atoms with Gasteiger partial charge in [-0.25, -0.2) is 4.98 Å². The van der Waals surface area contributed by atoms with Gasteiger partial charge in [0.15, 0.2) is 0 Å². The second kappa shape index (κ2) is 5.30. The summed E-state index contributed by atoms with van der Waals surface area (Å²) < 4.78 is 0. The first-order valence-corrected chi connectivity index (χ1v) is 6.03. The molecule has 1 saturated heterocycles. The summed E-state index contributed by atoms with van der Waals surface area (Å²) in [6, 6.07) is 1.02. The van der Waals surface area contributed by atoms with Crippen LogP contribution in [0.2, 0.25) is 5.02 Å². The first kappa shape index (κ1) is 12.8. The van der Waals surface area contributed by atoms with Gasteiger partial charge >= 0.3 is 0 Å². The quantitative estimate of drug-likeness (QED) is 0.478. The molecule has 0 spiro atoms. The zero-order valence-corrected chi connectivity index (χ0v) is 10.3. The van der Waals surface area contributed by atoms with Gasteiger partial charge in [-0.05, 0) is 19.3 Å². The Kier molecular flexibility index (Phi) is 3.76. The Hall–Kier alpha value is -1.69. The van der Waals surface area contributed by atoms with Crippen molar-refractivity contribution >= 4 is 29.4 Å². The molecule has 7 heteroatoms. The number of aromatic nitrogens is 1. The maximum Gasteiger partial charge on any atom is 0.289 e. The molecule has 6 nitrogen and oxygen atoms in total. The Morgan fingerprint density at radius 1 is 1.56 bits per heavy atom. The standard InChI is InChI=1S/C11H12ClN3O3/c12-10-5-9(15(17)18)6-13-11(10)14-4-2-1-3-8(14)7-16/h5-8H,1-4H2. The second-order valence-electron chi connectivity index (χ2n) is 4.15. The summed E-state index contributed by atoms with van der Waals surface area (Å²) in [5.41, 5.74) is -0.150. The van der Waals surface area contributed by atoms with Crippen LogP contribution in [0, 0.1) is 10.1 Å². The number of anilines is 1. The molecule has 0 amide bonds. The zero-order chi connectivity index (χ0) is 13.1. The van der Waals surface area contributed by atoms with E-state index in [1.54, 1.807) is 0 Å². The Morgan fingerprint density at radius 3 is 2.94 bits per heavy atom. The molecule has 0 radical (unpaired) electrons. The van der Waals surface area contributed by atoms with Gasteiger partial charge in [0, 0.05) is 12.6 Å². The summed E-state index contributed by atoms with van der Waals surface area (Å²) in [6.07, 6.45) is 4.75. The molecular weight excluding hydrogens is 258 g/mol. The molecule has 2 rings (SSSR count). The van der Waals surface area contributed by atoms with Gasteiger partial charge in [0.05, 0.1) is 16.0 Å². The SMILES string of the molecule is O=CC1CCCCN1c1ncc([N+](=O)[O-])cc1Cl. The molecule has 1 unspecified atom stereocenters. The van der Waals surface area contributed by atoms with E-state index in [2.05, 4.69) is 4.98 Å². The summed E-state index contributed by atoms with van der Waals surface area (Å²) in [5.74, 6) is 0.444. The number of piperidine rings is 1. The van der Waals surface area contributed by atoms with Crippen molar-refractivity contribution in [2.75, 3.05) is 11.4 Å². The number of hydrogen-bond acceptors (Lipinski definition) is 5. The molecule has 96 valence electrons. The molecule has 1 atom stereocenters. The number of hydrogen-bond donors (Lipinski definition) is 0. The molecule has 0 aromatic carbocycles. The van der Waals surface area contributed by atoms with Crippen LogP contribution in [0.25, 0.3) is 0 Å². The fourth-order valence-electron chi connectivity index (χ4n) is 2.09. The van der Waals surface area contributed by atoms with E-state index in [1.807, 2.05) is 4.90 Å². The molecule has 1 aromatic heterocycles. The third kappa shape index (κ3) is 2.43. The number of carbonyl (C=O) groups excluding carboxylic acids is 1. The summed E-state index contributed by atoms with van der Waals surface area (Å²) in [5, 5.41) is 10.8. The maximum absolute atomic E-state index is 11.0. The predicted octanol–water partition coefficient (Wildman–Crippen LogP) is 2.20. The van der Waals surface area contributed by atoms with Crippen molar-refractivity contribution in [3.05, 3.63) is 27.4 Å². The number of nitrogens with zero attached hydrogens (tertiary/aromatic N) is 3. The number of halogens is 1. The Morgan fingerprint density at radius 2 is 2.33 bits per heavy atom. The number of nitro groups is 1. The molecule has 1 fully saturated rings. The molecule has 1 aromatic rings. The van der Waals surface area contributed by atoms with Crippen molar-refractivity contribution in [1.29, 1.82) is 0 Å². The monoisotopic (exact) mass is 269 g/mol. The molecule has 1 aliphatic heterocycles. The molecule has 1 aliphatic rings. The van der Waals surface area contributed by atoms with E-state index in [4.69, 9.17) is 11.6 Å². The van der Waals surface area contributed by atoms with Gasteiger partial charge in [0.1, 0.15) is 18.3 Å². The number of rotatable bonds is 3. The van der Waals surface area contributed by atoms with Crippen LogP contribution < -0.4 is 4.90 Å². The van der Waals surface area contributed by atoms with Gasteiger partial charge < -0.3 is 9.69 Å². The normalized spacial score (nSPS) is 19.6. The van der Waals surface area contributed by atoms with E-state index in [1.165, 1.54) is 6.07 Å². The van der Waals surface area contributed by atoms with Gasteiger partial charge in [-0.3, -0.25) is 10.1 Å². The van der Waals surface area contributed by atoms with Gasteiger partial charge in [-0.1, -0.05) is 11.6 Å². The van der Waals surface area contributed by atoms with Crippen molar-refractivity contribution < 1.29 is 9.72 Å². The Labute approximate surface area is 109 Å². The molecule has 2 heterocycles. The molecule has 0 N–H and O–H groups in total. The van der Waals surface area contributed by atoms with E-state index in [0.29, 0.717) is 12.4 Å². The summed E-state index contributed by atoms with van der Waals surface area (Å²) >= 11 is 6.00. The fourth-order valence-corrected chi connectivity index (χ4v) is 2.36. The third-order valence-corrected chi connectivity index (χ3v) is 3.27. The van der Waals surface area contributed by atoms with Crippen LogP contribution in [-0.4, -0.2) is 28.8 Å². The third-order valence-electron chi connectivity index (χ3n) is 3.00. The first-order chi connectivity index (χ1) is 8.63. The maximum atomic E-state index is 11.0. The smallest absolute Gasteiger partial charge is 0.289 e. The van der Waals surface area contributed by atoms with Gasteiger partial charge in [-0.15, -0.1) is 0 Å². The van der Waals surface area contributed by atoms with Crippen molar-refractivity contribution in [3.63, 3.8) is 0 Å². The zero-order valence-electron chi connectivity index (χ0n) is 9.58. The summed E-state index contributed by atoms with van der Waals surface area (Å²) in [6.45, 7) is 0.688. The van der Waals surface area contributed by atoms with E-state index in [0.717, 1.165) is 31.7 Å². The highest BCUT2D eigenvalue weighted by Gasteiger charge is 2.25. The first-order valence-electron chi connectivity index (χ1n) is 5.65. The number of aldehydes is 1. The van der Waals surface area contributed by atoms with Crippen LogP contribution >= 0.6 is 11.6 Å². The van der Waals surface area contributed by atoms with Crippen LogP contribution in [0.4, 0.5) is 11.5 Å². The minimum atomic E-state index is -0.546. The summed E-state index contributed by atoms with van der Waals surface area (Å²) in [7, 11) is 0. The van der Waals surface area contributed by atoms with Crippen molar-refractivity contribution in [1.82, 2.24) is 4.98 Å². The minimum absolute atomic E-state index is 0.150. The average molecular weight is 270 g/mol. The fraction of sp³-hybridized carbons (Fsp3) is 0.455. The van der Waals surface area contributed by atoms with Gasteiger partial charge in [0.25, 0.3) is 5.69 Å². The average Bonchev–Trinajstić information content (AvgIpc) is 2.38. The van der Waals surface area contributed by atoms with Crippen LogP contribution in [0.15, 0.2) is 12.3 Å². The molecule has 18 heavy (non-hydrogen) atoms.